The molecule has 7 heteroatoms. The summed E-state index contributed by atoms with van der Waals surface area (Å²) < 4.78 is 14.6. The molecule has 3 aromatic rings. The van der Waals surface area contributed by atoms with E-state index in [9.17, 15) is 14.0 Å². The van der Waals surface area contributed by atoms with Gasteiger partial charge in [0.05, 0.1) is 6.04 Å². The van der Waals surface area contributed by atoms with Crippen molar-refractivity contribution in [3.63, 3.8) is 0 Å². The van der Waals surface area contributed by atoms with Gasteiger partial charge in [-0.25, -0.2) is 14.1 Å². The third-order valence-corrected chi connectivity index (χ3v) is 4.31. The maximum atomic E-state index is 13.3. The molecule has 0 saturated heterocycles. The first-order valence-electron chi connectivity index (χ1n) is 8.69. The summed E-state index contributed by atoms with van der Waals surface area (Å²) in [5.41, 5.74) is 1.72. The van der Waals surface area contributed by atoms with E-state index in [4.69, 9.17) is 0 Å². The van der Waals surface area contributed by atoms with Gasteiger partial charge in [-0.2, -0.15) is 5.10 Å². The minimum atomic E-state index is -0.421. The molecular weight excluding hydrogens is 347 g/mol. The highest BCUT2D eigenvalue weighted by Gasteiger charge is 2.26. The van der Waals surface area contributed by atoms with E-state index in [1.54, 1.807) is 18.3 Å². The first-order chi connectivity index (χ1) is 13.1. The van der Waals surface area contributed by atoms with Crippen molar-refractivity contribution in [3.05, 3.63) is 87.7 Å². The van der Waals surface area contributed by atoms with Crippen molar-refractivity contribution >= 4 is 11.7 Å². The maximum Gasteiger partial charge on any atom is 0.277 e. The molecule has 0 aliphatic heterocycles. The average molecular weight is 364 g/mol. The molecule has 136 valence electrons. The second-order valence-electron chi connectivity index (χ2n) is 6.55. The molecule has 4 rings (SSSR count). The number of amides is 1. The van der Waals surface area contributed by atoms with Gasteiger partial charge in [-0.05, 0) is 54.7 Å². The van der Waals surface area contributed by atoms with E-state index >= 15 is 0 Å². The van der Waals surface area contributed by atoms with Gasteiger partial charge < -0.3 is 5.32 Å². The second-order valence-corrected chi connectivity index (χ2v) is 6.55. The van der Waals surface area contributed by atoms with E-state index in [0.717, 1.165) is 24.0 Å². The number of nitrogens with one attached hydrogen (secondary N) is 1. The van der Waals surface area contributed by atoms with Gasteiger partial charge in [0.1, 0.15) is 17.3 Å². The van der Waals surface area contributed by atoms with Crippen molar-refractivity contribution in [2.24, 2.45) is 0 Å². The molecule has 1 saturated carbocycles. The molecule has 0 unspecified atom stereocenters. The lowest BCUT2D eigenvalue weighted by Gasteiger charge is -2.07. The van der Waals surface area contributed by atoms with Gasteiger partial charge in [0.15, 0.2) is 0 Å². The highest BCUT2D eigenvalue weighted by Crippen LogP contribution is 2.32. The van der Waals surface area contributed by atoms with Crippen LogP contribution in [0.1, 0.15) is 40.5 Å². The number of carbonyl (C=O) groups is 1. The van der Waals surface area contributed by atoms with Crippen LogP contribution in [0.2, 0.25) is 0 Å². The molecule has 1 aliphatic rings. The predicted molar refractivity (Wildman–Crippen MR) is 98.2 cm³/mol. The quantitative estimate of drug-likeness (QED) is 0.755. The number of benzene rings is 1. The molecule has 1 amide bonds. The number of hydrogen-bond acceptors (Lipinski definition) is 4. The summed E-state index contributed by atoms with van der Waals surface area (Å²) in [4.78, 5) is 28.4. The molecule has 0 spiro atoms. The Morgan fingerprint density at radius 1 is 1.15 bits per heavy atom. The number of nitrogens with zero attached hydrogens (tertiary/aromatic N) is 3. The Morgan fingerprint density at radius 2 is 2.00 bits per heavy atom. The predicted octanol–water partition coefficient (Wildman–Crippen LogP) is 2.96. The second kappa shape index (κ2) is 7.11. The number of anilines is 1. The van der Waals surface area contributed by atoms with Gasteiger partial charge in [-0.3, -0.25) is 9.59 Å². The van der Waals surface area contributed by atoms with Crippen LogP contribution >= 0.6 is 0 Å². The molecule has 1 aromatic carbocycles. The normalized spacial score (nSPS) is 13.4. The summed E-state index contributed by atoms with van der Waals surface area (Å²) in [7, 11) is 0. The summed E-state index contributed by atoms with van der Waals surface area (Å²) in [6.45, 7) is 0. The molecule has 2 aromatic heterocycles. The van der Waals surface area contributed by atoms with Crippen LogP contribution < -0.4 is 10.9 Å². The zero-order chi connectivity index (χ0) is 18.8. The molecule has 2 heterocycles. The molecule has 1 N–H and O–H groups in total. The van der Waals surface area contributed by atoms with Crippen LogP contribution in [-0.4, -0.2) is 20.7 Å². The summed E-state index contributed by atoms with van der Waals surface area (Å²) in [5.74, 6) is -0.312. The summed E-state index contributed by atoms with van der Waals surface area (Å²) >= 11 is 0. The summed E-state index contributed by atoms with van der Waals surface area (Å²) in [6, 6.07) is 12.8. The van der Waals surface area contributed by atoms with Gasteiger partial charge in [-0.15, -0.1) is 0 Å². The van der Waals surface area contributed by atoms with Gasteiger partial charge in [0.25, 0.3) is 11.5 Å². The SMILES string of the molecule is O=C(Nc1ccc(Cc2cccc(F)c2)cn1)c1ccc(=O)n(C2CC2)n1. The van der Waals surface area contributed by atoms with E-state index in [0.29, 0.717) is 12.2 Å². The largest absolute Gasteiger partial charge is 0.305 e. The Bertz CT molecular complexity index is 1040. The highest BCUT2D eigenvalue weighted by atomic mass is 19.1. The van der Waals surface area contributed by atoms with Crippen LogP contribution in [0.3, 0.4) is 0 Å². The van der Waals surface area contributed by atoms with Crippen molar-refractivity contribution < 1.29 is 9.18 Å². The average Bonchev–Trinajstić information content (AvgIpc) is 3.49. The van der Waals surface area contributed by atoms with Crippen molar-refractivity contribution in [1.29, 1.82) is 0 Å². The smallest absolute Gasteiger partial charge is 0.277 e. The fourth-order valence-corrected chi connectivity index (χ4v) is 2.79. The standard InChI is InChI=1S/C20H17FN4O2/c21-15-3-1-2-13(11-15)10-14-4-8-18(22-12-14)23-20(27)17-7-9-19(26)25(24-17)16-5-6-16/h1-4,7-9,11-12,16H,5-6,10H2,(H,22,23,27). The van der Waals surface area contributed by atoms with Crippen molar-refractivity contribution in [3.8, 4) is 0 Å². The topological polar surface area (TPSA) is 76.9 Å². The van der Waals surface area contributed by atoms with Gasteiger partial charge >= 0.3 is 0 Å². The zero-order valence-electron chi connectivity index (χ0n) is 14.4. The monoisotopic (exact) mass is 364 g/mol. The number of halogens is 1. The Morgan fingerprint density at radius 3 is 2.70 bits per heavy atom. The van der Waals surface area contributed by atoms with E-state index < -0.39 is 5.91 Å². The van der Waals surface area contributed by atoms with Gasteiger partial charge in [-0.1, -0.05) is 18.2 Å². The number of hydrogen-bond donors (Lipinski definition) is 1. The third kappa shape index (κ3) is 4.08. The van der Waals surface area contributed by atoms with Crippen molar-refractivity contribution in [1.82, 2.24) is 14.8 Å². The molecule has 1 aliphatic carbocycles. The third-order valence-electron chi connectivity index (χ3n) is 4.31. The lowest BCUT2D eigenvalue weighted by Crippen LogP contribution is -2.25. The van der Waals surface area contributed by atoms with Crippen LogP contribution in [0.5, 0.6) is 0 Å². The lowest BCUT2D eigenvalue weighted by molar-refractivity contribution is 0.101. The van der Waals surface area contributed by atoms with Crippen LogP contribution in [0, 0.1) is 5.82 Å². The number of aromatic nitrogens is 3. The molecular formula is C20H17FN4O2. The summed E-state index contributed by atoms with van der Waals surface area (Å²) in [6.07, 6.45) is 4.00. The maximum absolute atomic E-state index is 13.3. The minimum Gasteiger partial charge on any atom is -0.305 e. The Balaban J connectivity index is 1.44. The molecule has 27 heavy (non-hydrogen) atoms. The number of pyridine rings is 1. The zero-order valence-corrected chi connectivity index (χ0v) is 14.4. The minimum absolute atomic E-state index is 0.102. The van der Waals surface area contributed by atoms with Crippen LogP contribution in [-0.2, 0) is 6.42 Å². The van der Waals surface area contributed by atoms with E-state index in [2.05, 4.69) is 15.4 Å². The highest BCUT2D eigenvalue weighted by molar-refractivity contribution is 6.02. The van der Waals surface area contributed by atoms with Crippen LogP contribution in [0.25, 0.3) is 0 Å². The van der Waals surface area contributed by atoms with E-state index in [-0.39, 0.29) is 23.1 Å². The van der Waals surface area contributed by atoms with Crippen molar-refractivity contribution in [2.75, 3.05) is 5.32 Å². The van der Waals surface area contributed by atoms with Crippen LogP contribution in [0.15, 0.2) is 59.5 Å². The van der Waals surface area contributed by atoms with Crippen molar-refractivity contribution in [2.45, 2.75) is 25.3 Å². The lowest BCUT2D eigenvalue weighted by atomic mass is 10.1. The Hall–Kier alpha value is -3.35. The van der Waals surface area contributed by atoms with E-state index in [1.165, 1.54) is 28.9 Å². The molecule has 1 fully saturated rings. The van der Waals surface area contributed by atoms with Gasteiger partial charge in [0, 0.05) is 12.3 Å². The molecule has 0 atom stereocenters. The Labute approximate surface area is 154 Å². The van der Waals surface area contributed by atoms with E-state index in [1.807, 2.05) is 12.1 Å². The molecule has 0 bridgehead atoms. The first kappa shape index (κ1) is 17.1. The molecule has 6 nitrogen and oxygen atoms in total. The first-order valence-corrected chi connectivity index (χ1v) is 8.69. The fourth-order valence-electron chi connectivity index (χ4n) is 2.79. The Kier molecular flexibility index (Phi) is 4.50. The molecule has 0 radical (unpaired) electrons. The van der Waals surface area contributed by atoms with Gasteiger partial charge in [0.2, 0.25) is 0 Å². The van der Waals surface area contributed by atoms with Crippen LogP contribution in [0.4, 0.5) is 10.2 Å². The fraction of sp³-hybridized carbons (Fsp3) is 0.200. The summed E-state index contributed by atoms with van der Waals surface area (Å²) in [5, 5.41) is 6.82. The number of rotatable bonds is 5. The number of carbonyl (C=O) groups excluding carboxylic acids is 1.